The predicted octanol–water partition coefficient (Wildman–Crippen LogP) is 1.83. The van der Waals surface area contributed by atoms with E-state index in [9.17, 15) is 14.1 Å². The molecule has 0 amide bonds. The van der Waals surface area contributed by atoms with Gasteiger partial charge >= 0.3 is 11.9 Å². The molecule has 0 bridgehead atoms. The van der Waals surface area contributed by atoms with E-state index in [0.717, 1.165) is 6.08 Å². The number of carboxylic acids is 1. The number of rotatable bonds is 4. The molecule has 1 N–H and O–H groups in total. The van der Waals surface area contributed by atoms with Gasteiger partial charge in [0, 0.05) is 10.6 Å². The normalized spacial score (nSPS) is 10.2. The van der Waals surface area contributed by atoms with E-state index >= 15 is 0 Å². The summed E-state index contributed by atoms with van der Waals surface area (Å²) in [7, 11) is 1.32. The van der Waals surface area contributed by atoms with Crippen molar-refractivity contribution in [1.82, 2.24) is 0 Å². The molecule has 0 aliphatic rings. The Labute approximate surface area is 96.0 Å². The van der Waals surface area contributed by atoms with E-state index in [4.69, 9.17) is 9.84 Å². The predicted molar refractivity (Wildman–Crippen MR) is 56.2 cm³/mol. The lowest BCUT2D eigenvalue weighted by atomic mass is 10.1. The minimum Gasteiger partial charge on any atom is -0.496 e. The number of benzene rings is 1. The Morgan fingerprint density at radius 3 is 2.65 bits per heavy atom. The fraction of sp³-hybridized carbons (Fsp3) is 0.0909. The molecule has 0 aliphatic carbocycles. The average molecular weight is 240 g/mol. The van der Waals surface area contributed by atoms with Gasteiger partial charge < -0.3 is 9.84 Å². The van der Waals surface area contributed by atoms with Crippen molar-refractivity contribution in [3.8, 4) is 5.75 Å². The van der Waals surface area contributed by atoms with Crippen molar-refractivity contribution in [2.24, 2.45) is 0 Å². The summed E-state index contributed by atoms with van der Waals surface area (Å²) in [6, 6.07) is 4.20. The fourth-order valence-corrected chi connectivity index (χ4v) is 1.20. The highest BCUT2D eigenvalue weighted by Gasteiger charge is 2.14. The molecular weight excluding hydrogens is 231 g/mol. The highest BCUT2D eigenvalue weighted by atomic mass is 19.3. The van der Waals surface area contributed by atoms with Gasteiger partial charge in [0.25, 0.3) is 0 Å². The van der Waals surface area contributed by atoms with Crippen LogP contribution in [0.1, 0.15) is 15.9 Å². The van der Waals surface area contributed by atoms with E-state index in [2.05, 4.69) is 4.94 Å². The summed E-state index contributed by atoms with van der Waals surface area (Å²) in [5.74, 6) is -2.19. The summed E-state index contributed by atoms with van der Waals surface area (Å²) in [6.07, 6.45) is 2.16. The van der Waals surface area contributed by atoms with Crippen LogP contribution in [0.25, 0.3) is 6.08 Å². The average Bonchev–Trinajstić information content (AvgIpc) is 2.34. The van der Waals surface area contributed by atoms with Crippen LogP contribution < -0.4 is 4.74 Å². The molecule has 0 spiro atoms. The third-order valence-electron chi connectivity index (χ3n) is 1.93. The molecule has 0 fully saturated rings. The maximum absolute atomic E-state index is 11.8. The van der Waals surface area contributed by atoms with Gasteiger partial charge in [-0.25, -0.2) is 14.5 Å². The molecule has 1 aromatic rings. The van der Waals surface area contributed by atoms with Gasteiger partial charge in [0.2, 0.25) is 0 Å². The van der Waals surface area contributed by atoms with Gasteiger partial charge in [-0.2, -0.15) is 0 Å². The van der Waals surface area contributed by atoms with E-state index in [0.29, 0.717) is 5.56 Å². The van der Waals surface area contributed by atoms with E-state index in [1.165, 1.54) is 31.4 Å². The summed E-state index contributed by atoms with van der Waals surface area (Å²) in [6.45, 7) is 0. The van der Waals surface area contributed by atoms with Crippen molar-refractivity contribution in [3.05, 3.63) is 35.4 Å². The zero-order valence-corrected chi connectivity index (χ0v) is 8.84. The molecule has 0 atom stereocenters. The Morgan fingerprint density at radius 1 is 1.41 bits per heavy atom. The first-order valence-corrected chi connectivity index (χ1v) is 4.50. The van der Waals surface area contributed by atoms with Crippen LogP contribution in [-0.2, 0) is 9.74 Å². The van der Waals surface area contributed by atoms with Crippen LogP contribution in [0.5, 0.6) is 5.75 Å². The molecule has 90 valence electrons. The standard InChI is InChI=1S/C11H9FO5/c1-16-9-4-2-7(3-5-10(13)14)6-8(9)11(15)17-12/h2-6H,1H3,(H,13,14)/b5-3+. The van der Waals surface area contributed by atoms with Crippen LogP contribution in [0.15, 0.2) is 24.3 Å². The van der Waals surface area contributed by atoms with Crippen molar-refractivity contribution in [3.63, 3.8) is 0 Å². The topological polar surface area (TPSA) is 72.8 Å². The SMILES string of the molecule is COc1ccc(/C=C/C(=O)O)cc1C(=O)OF. The van der Waals surface area contributed by atoms with E-state index in [-0.39, 0.29) is 11.3 Å². The second-order valence-corrected chi connectivity index (χ2v) is 3.00. The van der Waals surface area contributed by atoms with Crippen LogP contribution in [-0.4, -0.2) is 24.2 Å². The Hall–Kier alpha value is -2.37. The number of carbonyl (C=O) groups excluding carboxylic acids is 1. The lowest BCUT2D eigenvalue weighted by Crippen LogP contribution is -2.02. The summed E-state index contributed by atoms with van der Waals surface area (Å²) >= 11 is 0. The molecule has 0 saturated carbocycles. The Morgan fingerprint density at radius 2 is 2.12 bits per heavy atom. The molecular formula is C11H9FO5. The third-order valence-corrected chi connectivity index (χ3v) is 1.93. The molecule has 0 radical (unpaired) electrons. The summed E-state index contributed by atoms with van der Waals surface area (Å²) in [5, 5.41) is 8.44. The minimum atomic E-state index is -1.20. The summed E-state index contributed by atoms with van der Waals surface area (Å²) in [5.41, 5.74) is 0.288. The maximum atomic E-state index is 11.8. The third kappa shape index (κ3) is 3.30. The lowest BCUT2D eigenvalue weighted by molar-refractivity contribution is -0.131. The van der Waals surface area contributed by atoms with Gasteiger partial charge in [-0.1, -0.05) is 6.07 Å². The highest BCUT2D eigenvalue weighted by molar-refractivity contribution is 5.93. The minimum absolute atomic E-state index is 0.123. The van der Waals surface area contributed by atoms with E-state index < -0.39 is 11.9 Å². The zero-order valence-electron chi connectivity index (χ0n) is 8.84. The molecule has 1 aromatic carbocycles. The second kappa shape index (κ2) is 5.64. The van der Waals surface area contributed by atoms with Crippen molar-refractivity contribution < 1.29 is 28.9 Å². The molecule has 17 heavy (non-hydrogen) atoms. The Balaban J connectivity index is 3.13. The first-order chi connectivity index (χ1) is 8.08. The van der Waals surface area contributed by atoms with Gasteiger partial charge in [-0.15, -0.1) is 0 Å². The first kappa shape index (κ1) is 12.7. The van der Waals surface area contributed by atoms with Crippen LogP contribution in [0, 0.1) is 0 Å². The van der Waals surface area contributed by atoms with Crippen molar-refractivity contribution in [1.29, 1.82) is 0 Å². The molecule has 0 aliphatic heterocycles. The van der Waals surface area contributed by atoms with E-state index in [1.54, 1.807) is 0 Å². The smallest absolute Gasteiger partial charge is 0.383 e. The Bertz CT molecular complexity index is 467. The summed E-state index contributed by atoms with van der Waals surface area (Å²) < 4.78 is 16.7. The van der Waals surface area contributed by atoms with Gasteiger partial charge in [-0.3, -0.25) is 0 Å². The van der Waals surface area contributed by atoms with Gasteiger partial charge in [0.05, 0.1) is 7.11 Å². The monoisotopic (exact) mass is 240 g/mol. The number of hydrogen-bond acceptors (Lipinski definition) is 4. The largest absolute Gasteiger partial charge is 0.496 e. The van der Waals surface area contributed by atoms with Gasteiger partial charge in [-0.05, 0) is 23.8 Å². The molecule has 6 heteroatoms. The van der Waals surface area contributed by atoms with Crippen molar-refractivity contribution in [2.45, 2.75) is 0 Å². The number of carbonyl (C=O) groups is 2. The number of methoxy groups -OCH3 is 1. The maximum Gasteiger partial charge on any atom is 0.383 e. The second-order valence-electron chi connectivity index (χ2n) is 3.00. The number of hydrogen-bond donors (Lipinski definition) is 1. The number of ether oxygens (including phenoxy) is 1. The van der Waals surface area contributed by atoms with Crippen LogP contribution >= 0.6 is 0 Å². The summed E-state index contributed by atoms with van der Waals surface area (Å²) in [4.78, 5) is 24.5. The number of carboxylic acid groups (broad SMARTS) is 1. The van der Waals surface area contributed by atoms with E-state index in [1.807, 2.05) is 0 Å². The molecule has 0 heterocycles. The number of halogens is 1. The van der Waals surface area contributed by atoms with Crippen LogP contribution in [0.2, 0.25) is 0 Å². The lowest BCUT2D eigenvalue weighted by Gasteiger charge is -2.05. The molecule has 5 nitrogen and oxygen atoms in total. The van der Waals surface area contributed by atoms with Gasteiger partial charge in [0.15, 0.2) is 0 Å². The van der Waals surface area contributed by atoms with Crippen LogP contribution in [0.3, 0.4) is 0 Å². The van der Waals surface area contributed by atoms with Crippen LogP contribution in [0.4, 0.5) is 4.53 Å². The quantitative estimate of drug-likeness (QED) is 0.813. The fourth-order valence-electron chi connectivity index (χ4n) is 1.20. The molecule has 0 unspecified atom stereocenters. The molecule has 0 saturated heterocycles. The number of aliphatic carboxylic acids is 1. The zero-order chi connectivity index (χ0) is 12.8. The first-order valence-electron chi connectivity index (χ1n) is 4.50. The molecule has 0 aromatic heterocycles. The Kier molecular flexibility index (Phi) is 4.21. The van der Waals surface area contributed by atoms with Crippen molar-refractivity contribution >= 4 is 18.0 Å². The molecule has 1 rings (SSSR count). The van der Waals surface area contributed by atoms with Crippen molar-refractivity contribution in [2.75, 3.05) is 7.11 Å². The highest BCUT2D eigenvalue weighted by Crippen LogP contribution is 2.21. The van der Waals surface area contributed by atoms with Gasteiger partial charge in [0.1, 0.15) is 11.3 Å².